The van der Waals surface area contributed by atoms with E-state index in [1.54, 1.807) is 18.3 Å². The molecule has 1 heterocycles. The van der Waals surface area contributed by atoms with Crippen LogP contribution in [0.4, 0.5) is 0 Å². The normalized spacial score (nSPS) is 22.6. The number of halogens is 2. The van der Waals surface area contributed by atoms with Crippen molar-refractivity contribution in [1.82, 2.24) is 4.98 Å². The van der Waals surface area contributed by atoms with E-state index in [9.17, 15) is 4.79 Å². The summed E-state index contributed by atoms with van der Waals surface area (Å²) < 4.78 is 5.79. The summed E-state index contributed by atoms with van der Waals surface area (Å²) >= 11 is 0. The number of nitrogens with two attached hydrogens (primary N) is 1. The molecule has 2 N–H and O–H groups in total. The predicted octanol–water partition coefficient (Wildman–Crippen LogP) is -2.84. The molecular weight excluding hydrogens is 530 g/mol. The van der Waals surface area contributed by atoms with Crippen molar-refractivity contribution >= 4 is 5.97 Å². The Morgan fingerprint density at radius 3 is 2.50 bits per heavy atom. The predicted molar refractivity (Wildman–Crippen MR) is 82.7 cm³/mol. The maximum atomic E-state index is 12.3. The number of esters is 1. The summed E-state index contributed by atoms with van der Waals surface area (Å²) in [7, 11) is 0. The Labute approximate surface area is 171 Å². The first-order valence-electron chi connectivity index (χ1n) is 7.87. The molecule has 1 unspecified atom stereocenters. The van der Waals surface area contributed by atoms with Crippen LogP contribution in [0.3, 0.4) is 0 Å². The molecule has 4 nitrogen and oxygen atoms in total. The van der Waals surface area contributed by atoms with Crippen LogP contribution in [0.25, 0.3) is 0 Å². The molecule has 7 heteroatoms. The summed E-state index contributed by atoms with van der Waals surface area (Å²) in [5, 5.41) is 0. The Morgan fingerprint density at radius 2 is 2.00 bits per heavy atom. The van der Waals surface area contributed by atoms with Crippen LogP contribution in [0.2, 0.25) is 0 Å². The van der Waals surface area contributed by atoms with Crippen LogP contribution in [0.5, 0.6) is 0 Å². The van der Waals surface area contributed by atoms with Gasteiger partial charge in [0.05, 0.1) is 11.3 Å². The van der Waals surface area contributed by atoms with E-state index < -0.39 is 0 Å². The molecule has 0 aliphatic heterocycles. The van der Waals surface area contributed by atoms with E-state index in [0.717, 1.165) is 18.5 Å². The first-order chi connectivity index (χ1) is 10.0. The minimum Gasteiger partial charge on any atom is -1.00 e. The van der Waals surface area contributed by atoms with E-state index in [1.165, 1.54) is 6.42 Å². The molecule has 1 aliphatic carbocycles. The molecule has 0 radical (unpaired) electrons. The van der Waals surface area contributed by atoms with E-state index in [2.05, 4.69) is 25.8 Å². The summed E-state index contributed by atoms with van der Waals surface area (Å²) in [6.45, 7) is 7.03. The molecule has 3 atom stereocenters. The zero-order valence-electron chi connectivity index (χ0n) is 14.3. The van der Waals surface area contributed by atoms with Crippen molar-refractivity contribution in [3.8, 4) is 0 Å². The molecule has 24 heavy (non-hydrogen) atoms. The van der Waals surface area contributed by atoms with Crippen molar-refractivity contribution in [2.75, 3.05) is 0 Å². The Kier molecular flexibility index (Phi) is 13.3. The topological polar surface area (TPSA) is 65.2 Å². The second-order valence-electron chi connectivity index (χ2n) is 6.51. The van der Waals surface area contributed by atoms with Gasteiger partial charge in [-0.2, -0.15) is 0 Å². The second-order valence-corrected chi connectivity index (χ2v) is 6.51. The van der Waals surface area contributed by atoms with Gasteiger partial charge >= 0.3 is 27.0 Å². The standard InChI is InChI=1S/C17H26N2O2.2ClH.Pt/c1-11(2)15-7-4-12(3)8-16(15)21-17(20)13-5-6-14(9-18)19-10-13;;;/h5-6,10-12,15-16H,4,7-9,18H2,1-3H3;2*1H;/q;;;+2/p-2/t12-,15+,16?;;;/m1.../s1. The van der Waals surface area contributed by atoms with Crippen LogP contribution in [-0.2, 0) is 32.3 Å². The van der Waals surface area contributed by atoms with E-state index in [4.69, 9.17) is 10.5 Å². The van der Waals surface area contributed by atoms with Crippen LogP contribution in [-0.4, -0.2) is 17.1 Å². The molecule has 140 valence electrons. The fourth-order valence-corrected chi connectivity index (χ4v) is 3.12. The van der Waals surface area contributed by atoms with E-state index in [1.807, 2.05) is 0 Å². The van der Waals surface area contributed by atoms with Crippen molar-refractivity contribution in [2.24, 2.45) is 23.5 Å². The fourth-order valence-electron chi connectivity index (χ4n) is 3.12. The molecule has 0 aromatic carbocycles. The zero-order chi connectivity index (χ0) is 15.4. The van der Waals surface area contributed by atoms with Gasteiger partial charge in [0.25, 0.3) is 0 Å². The van der Waals surface area contributed by atoms with E-state index in [-0.39, 0.29) is 58.0 Å². The van der Waals surface area contributed by atoms with Crippen molar-refractivity contribution in [3.05, 3.63) is 29.6 Å². The number of pyridine rings is 1. The fraction of sp³-hybridized carbons (Fsp3) is 0.647. The van der Waals surface area contributed by atoms with Crippen LogP contribution in [0.1, 0.15) is 56.1 Å². The van der Waals surface area contributed by atoms with Gasteiger partial charge in [-0.05, 0) is 42.7 Å². The van der Waals surface area contributed by atoms with Gasteiger partial charge in [-0.1, -0.05) is 27.2 Å². The Morgan fingerprint density at radius 1 is 1.33 bits per heavy atom. The molecule has 1 saturated carbocycles. The van der Waals surface area contributed by atoms with Gasteiger partial charge < -0.3 is 35.3 Å². The molecule has 1 fully saturated rings. The van der Waals surface area contributed by atoms with Crippen molar-refractivity contribution in [3.63, 3.8) is 0 Å². The maximum absolute atomic E-state index is 12.3. The summed E-state index contributed by atoms with van der Waals surface area (Å²) in [4.78, 5) is 16.4. The van der Waals surface area contributed by atoms with Crippen LogP contribution < -0.4 is 30.5 Å². The van der Waals surface area contributed by atoms with Crippen LogP contribution in [0.15, 0.2) is 18.3 Å². The Bertz CT molecular complexity index is 486. The summed E-state index contributed by atoms with van der Waals surface area (Å²) in [5.41, 5.74) is 6.80. The van der Waals surface area contributed by atoms with Gasteiger partial charge in [-0.3, -0.25) is 4.98 Å². The molecule has 0 saturated heterocycles. The second kappa shape index (κ2) is 12.2. The summed E-state index contributed by atoms with van der Waals surface area (Å²) in [6, 6.07) is 3.52. The smallest absolute Gasteiger partial charge is 1.00 e. The summed E-state index contributed by atoms with van der Waals surface area (Å²) in [6.07, 6.45) is 4.91. The number of aromatic nitrogens is 1. The third-order valence-corrected chi connectivity index (χ3v) is 4.49. The van der Waals surface area contributed by atoms with E-state index >= 15 is 0 Å². The van der Waals surface area contributed by atoms with Crippen molar-refractivity contribution in [1.29, 1.82) is 0 Å². The first-order valence-corrected chi connectivity index (χ1v) is 7.87. The van der Waals surface area contributed by atoms with Gasteiger partial charge in [-0.25, -0.2) is 4.79 Å². The average Bonchev–Trinajstić information content (AvgIpc) is 2.47. The third kappa shape index (κ3) is 6.99. The molecule has 1 aliphatic rings. The van der Waals surface area contributed by atoms with Crippen LogP contribution >= 0.6 is 0 Å². The van der Waals surface area contributed by atoms with Gasteiger partial charge in [-0.15, -0.1) is 0 Å². The number of hydrogen-bond acceptors (Lipinski definition) is 4. The number of carbonyl (C=O) groups is 1. The third-order valence-electron chi connectivity index (χ3n) is 4.49. The number of carbonyl (C=O) groups excluding carboxylic acids is 1. The quantitative estimate of drug-likeness (QED) is 0.407. The molecule has 0 bridgehead atoms. The largest absolute Gasteiger partial charge is 2.00 e. The maximum Gasteiger partial charge on any atom is 2.00 e. The summed E-state index contributed by atoms with van der Waals surface area (Å²) in [5.74, 6) is 1.35. The average molecular weight is 556 g/mol. The molecule has 1 aromatic rings. The minimum atomic E-state index is -0.268. The van der Waals surface area contributed by atoms with Gasteiger partial charge in [0.15, 0.2) is 0 Å². The van der Waals surface area contributed by atoms with Crippen LogP contribution in [0, 0.1) is 17.8 Å². The van der Waals surface area contributed by atoms with Gasteiger partial charge in [0.2, 0.25) is 0 Å². The number of ether oxygens (including phenoxy) is 1. The molecule has 2 rings (SSSR count). The number of nitrogens with zero attached hydrogens (tertiary/aromatic N) is 1. The van der Waals surface area contributed by atoms with Gasteiger partial charge in [0, 0.05) is 12.7 Å². The number of rotatable bonds is 4. The van der Waals surface area contributed by atoms with Crippen molar-refractivity contribution in [2.45, 2.75) is 52.7 Å². The molecule has 0 amide bonds. The minimum absolute atomic E-state index is 0. The molecule has 0 spiro atoms. The Hall–Kier alpha value is -0.152. The molecular formula is C17H26Cl2N2O2Pt. The monoisotopic (exact) mass is 555 g/mol. The van der Waals surface area contributed by atoms with Gasteiger partial charge in [0.1, 0.15) is 6.10 Å². The zero-order valence-corrected chi connectivity index (χ0v) is 18.1. The van der Waals surface area contributed by atoms with E-state index in [0.29, 0.717) is 29.9 Å². The number of hydrogen-bond donors (Lipinski definition) is 1. The SMILES string of the molecule is CC(C)[C@@H]1CC[C@@H](C)CC1OC(=O)c1ccc(CN)nc1.[Cl-].[Cl-].[Pt+2]. The first kappa shape index (κ1) is 26.1. The van der Waals surface area contributed by atoms with Crippen molar-refractivity contribution < 1.29 is 55.4 Å². The Balaban J connectivity index is 0. The molecule has 1 aromatic heterocycles.